The van der Waals surface area contributed by atoms with Crippen molar-refractivity contribution < 1.29 is 13.2 Å². The van der Waals surface area contributed by atoms with Crippen LogP contribution in [-0.4, -0.2) is 23.9 Å². The van der Waals surface area contributed by atoms with E-state index in [0.717, 1.165) is 42.8 Å². The van der Waals surface area contributed by atoms with Gasteiger partial charge in [-0.15, -0.1) is 11.3 Å². The zero-order valence-electron chi connectivity index (χ0n) is 10.9. The standard InChI is InChI=1S/C12H12ClN3O3S2/c13-10-7-20-12(14-10)21(18,19)15-11(17)8-5-9-3-1-2-4-16(9)6-8/h5-7H,1-4H2,(H,15,17). The molecule has 112 valence electrons. The van der Waals surface area contributed by atoms with Gasteiger partial charge < -0.3 is 4.57 Å². The summed E-state index contributed by atoms with van der Waals surface area (Å²) in [6.45, 7) is 0.859. The van der Waals surface area contributed by atoms with Crippen LogP contribution in [0.15, 0.2) is 22.0 Å². The molecule has 0 saturated carbocycles. The van der Waals surface area contributed by atoms with Crippen LogP contribution in [-0.2, 0) is 23.0 Å². The number of amides is 1. The van der Waals surface area contributed by atoms with E-state index in [9.17, 15) is 13.2 Å². The Bertz CT molecular complexity index is 771. The van der Waals surface area contributed by atoms with Crippen molar-refractivity contribution in [2.45, 2.75) is 30.1 Å². The number of hydrogen-bond acceptors (Lipinski definition) is 5. The molecule has 1 aliphatic heterocycles. The third-order valence-electron chi connectivity index (χ3n) is 3.24. The number of rotatable bonds is 3. The van der Waals surface area contributed by atoms with Crippen molar-refractivity contribution in [3.05, 3.63) is 34.1 Å². The first-order valence-electron chi connectivity index (χ1n) is 6.33. The second-order valence-electron chi connectivity index (χ2n) is 4.74. The van der Waals surface area contributed by atoms with Gasteiger partial charge in [-0.1, -0.05) is 11.6 Å². The normalized spacial score (nSPS) is 14.7. The van der Waals surface area contributed by atoms with E-state index in [1.54, 1.807) is 12.3 Å². The van der Waals surface area contributed by atoms with Gasteiger partial charge in [0.1, 0.15) is 5.15 Å². The number of carbonyl (C=O) groups excluding carboxylic acids is 1. The van der Waals surface area contributed by atoms with Crippen LogP contribution in [0.3, 0.4) is 0 Å². The number of carbonyl (C=O) groups is 1. The number of nitrogens with zero attached hydrogens (tertiary/aromatic N) is 2. The molecule has 0 atom stereocenters. The van der Waals surface area contributed by atoms with E-state index in [0.29, 0.717) is 5.56 Å². The molecule has 1 aliphatic rings. The van der Waals surface area contributed by atoms with Gasteiger partial charge in [0.2, 0.25) is 4.34 Å². The maximum absolute atomic E-state index is 12.1. The summed E-state index contributed by atoms with van der Waals surface area (Å²) >= 11 is 6.48. The Morgan fingerprint density at radius 3 is 2.90 bits per heavy atom. The highest BCUT2D eigenvalue weighted by atomic mass is 35.5. The van der Waals surface area contributed by atoms with Crippen molar-refractivity contribution in [2.75, 3.05) is 0 Å². The van der Waals surface area contributed by atoms with E-state index in [4.69, 9.17) is 11.6 Å². The summed E-state index contributed by atoms with van der Waals surface area (Å²) in [4.78, 5) is 15.8. The van der Waals surface area contributed by atoms with Crippen LogP contribution in [0.4, 0.5) is 0 Å². The highest BCUT2D eigenvalue weighted by molar-refractivity contribution is 7.92. The molecule has 0 fully saturated rings. The smallest absolute Gasteiger partial charge is 0.291 e. The number of aromatic nitrogens is 2. The van der Waals surface area contributed by atoms with Crippen LogP contribution in [0.2, 0.25) is 5.15 Å². The summed E-state index contributed by atoms with van der Waals surface area (Å²) in [5.41, 5.74) is 1.40. The first-order chi connectivity index (χ1) is 9.95. The lowest BCUT2D eigenvalue weighted by Gasteiger charge is -2.13. The monoisotopic (exact) mass is 345 g/mol. The summed E-state index contributed by atoms with van der Waals surface area (Å²) < 4.78 is 27.8. The molecule has 1 N–H and O–H groups in total. The van der Waals surface area contributed by atoms with Gasteiger partial charge in [0.05, 0.1) is 5.56 Å². The second-order valence-corrected chi connectivity index (χ2v) is 7.84. The molecule has 21 heavy (non-hydrogen) atoms. The minimum atomic E-state index is -3.97. The average Bonchev–Trinajstić information content (AvgIpc) is 3.04. The molecule has 2 aromatic heterocycles. The zero-order valence-corrected chi connectivity index (χ0v) is 13.3. The first kappa shape index (κ1) is 14.6. The molecule has 0 spiro atoms. The van der Waals surface area contributed by atoms with Gasteiger partial charge in [-0.25, -0.2) is 9.71 Å². The Hall–Kier alpha value is -1.38. The van der Waals surface area contributed by atoms with Crippen LogP contribution < -0.4 is 4.72 Å². The lowest BCUT2D eigenvalue weighted by Crippen LogP contribution is -2.30. The number of sulfonamides is 1. The summed E-state index contributed by atoms with van der Waals surface area (Å²) in [5, 5.41) is 1.49. The summed E-state index contributed by atoms with van der Waals surface area (Å²) in [7, 11) is -3.97. The van der Waals surface area contributed by atoms with Gasteiger partial charge in [-0.05, 0) is 25.3 Å². The largest absolute Gasteiger partial charge is 0.351 e. The van der Waals surface area contributed by atoms with E-state index in [-0.39, 0.29) is 9.49 Å². The minimum absolute atomic E-state index is 0.0900. The Morgan fingerprint density at radius 2 is 2.24 bits per heavy atom. The first-order valence-corrected chi connectivity index (χ1v) is 9.07. The summed E-state index contributed by atoms with van der Waals surface area (Å²) in [5.74, 6) is -0.650. The Kier molecular flexibility index (Phi) is 3.76. The maximum atomic E-state index is 12.1. The molecule has 0 radical (unpaired) electrons. The number of fused-ring (bicyclic) bond motifs is 1. The van der Waals surface area contributed by atoms with Crippen molar-refractivity contribution in [1.29, 1.82) is 0 Å². The molecule has 0 saturated heterocycles. The Balaban J connectivity index is 1.81. The van der Waals surface area contributed by atoms with Crippen molar-refractivity contribution in [2.24, 2.45) is 0 Å². The van der Waals surface area contributed by atoms with Crippen molar-refractivity contribution >= 4 is 38.9 Å². The molecule has 6 nitrogen and oxygen atoms in total. The van der Waals surface area contributed by atoms with Crippen LogP contribution in [0.25, 0.3) is 0 Å². The van der Waals surface area contributed by atoms with Gasteiger partial charge in [-0.2, -0.15) is 8.42 Å². The Morgan fingerprint density at radius 1 is 1.43 bits per heavy atom. The van der Waals surface area contributed by atoms with Crippen LogP contribution in [0, 0.1) is 0 Å². The number of thiazole rings is 1. The fraction of sp³-hybridized carbons (Fsp3) is 0.333. The van der Waals surface area contributed by atoms with E-state index in [1.165, 1.54) is 5.38 Å². The van der Waals surface area contributed by atoms with Gasteiger partial charge >= 0.3 is 0 Å². The maximum Gasteiger partial charge on any atom is 0.291 e. The quantitative estimate of drug-likeness (QED) is 0.923. The summed E-state index contributed by atoms with van der Waals surface area (Å²) in [6.07, 6.45) is 4.75. The average molecular weight is 346 g/mol. The van der Waals surface area contributed by atoms with Gasteiger partial charge in [0, 0.05) is 23.8 Å². The van der Waals surface area contributed by atoms with E-state index in [2.05, 4.69) is 4.98 Å². The van der Waals surface area contributed by atoms with E-state index in [1.807, 2.05) is 9.29 Å². The van der Waals surface area contributed by atoms with E-state index < -0.39 is 15.9 Å². The fourth-order valence-electron chi connectivity index (χ4n) is 2.27. The predicted octanol–water partition coefficient (Wildman–Crippen LogP) is 2.05. The molecule has 0 unspecified atom stereocenters. The molecule has 0 aliphatic carbocycles. The number of halogens is 1. The predicted molar refractivity (Wildman–Crippen MR) is 79.1 cm³/mol. The van der Waals surface area contributed by atoms with Crippen LogP contribution in [0.1, 0.15) is 28.9 Å². The lowest BCUT2D eigenvalue weighted by molar-refractivity contribution is 0.0981. The molecule has 3 rings (SSSR count). The fourth-order valence-corrected chi connectivity index (χ4v) is 4.44. The number of aryl methyl sites for hydroxylation is 2. The second kappa shape index (κ2) is 5.43. The van der Waals surface area contributed by atoms with Gasteiger partial charge in [-0.3, -0.25) is 4.79 Å². The van der Waals surface area contributed by atoms with Crippen LogP contribution in [0.5, 0.6) is 0 Å². The SMILES string of the molecule is O=C(NS(=O)(=O)c1nc(Cl)cs1)c1cc2n(c1)CCCC2. The highest BCUT2D eigenvalue weighted by Gasteiger charge is 2.23. The van der Waals surface area contributed by atoms with Crippen LogP contribution >= 0.6 is 22.9 Å². The molecule has 3 heterocycles. The van der Waals surface area contributed by atoms with Gasteiger partial charge in [0.25, 0.3) is 15.9 Å². The number of nitrogens with one attached hydrogen (secondary N) is 1. The topological polar surface area (TPSA) is 81.1 Å². The number of hydrogen-bond donors (Lipinski definition) is 1. The van der Waals surface area contributed by atoms with Crippen molar-refractivity contribution in [3.63, 3.8) is 0 Å². The minimum Gasteiger partial charge on any atom is -0.351 e. The lowest BCUT2D eigenvalue weighted by atomic mass is 10.1. The molecular formula is C12H12ClN3O3S2. The molecule has 9 heteroatoms. The van der Waals surface area contributed by atoms with Crippen molar-refractivity contribution in [3.8, 4) is 0 Å². The molecule has 0 bridgehead atoms. The Labute approximate surface area is 130 Å². The van der Waals surface area contributed by atoms with E-state index >= 15 is 0 Å². The zero-order chi connectivity index (χ0) is 15.0. The highest BCUT2D eigenvalue weighted by Crippen LogP contribution is 2.20. The molecule has 2 aromatic rings. The third kappa shape index (κ3) is 2.97. The third-order valence-corrected chi connectivity index (χ3v) is 6.15. The molecule has 0 aromatic carbocycles. The van der Waals surface area contributed by atoms with Crippen molar-refractivity contribution in [1.82, 2.24) is 14.3 Å². The van der Waals surface area contributed by atoms with Gasteiger partial charge in [0.15, 0.2) is 0 Å². The molecular weight excluding hydrogens is 334 g/mol. The summed E-state index contributed by atoms with van der Waals surface area (Å²) in [6, 6.07) is 1.73. The molecule has 1 amide bonds.